The Morgan fingerprint density at radius 1 is 1.31 bits per heavy atom. The summed E-state index contributed by atoms with van der Waals surface area (Å²) in [6.45, 7) is 2.16. The van der Waals surface area contributed by atoms with Crippen LogP contribution in [0.4, 0.5) is 0 Å². The third-order valence-electron chi connectivity index (χ3n) is 2.72. The van der Waals surface area contributed by atoms with E-state index in [0.29, 0.717) is 5.92 Å². The van der Waals surface area contributed by atoms with Crippen molar-refractivity contribution < 1.29 is 9.90 Å². The molecule has 2 nitrogen and oxygen atoms in total. The average Bonchev–Trinajstić information content (AvgIpc) is 2.25. The van der Waals surface area contributed by atoms with Gasteiger partial charge in [0.1, 0.15) is 0 Å². The summed E-state index contributed by atoms with van der Waals surface area (Å²) in [5.74, 6) is -0.245. The first-order valence-electron chi connectivity index (χ1n) is 5.57. The van der Waals surface area contributed by atoms with Crippen LogP contribution < -0.4 is 0 Å². The normalized spacial score (nSPS) is 12.4. The van der Waals surface area contributed by atoms with Crippen LogP contribution in [0, 0.1) is 0 Å². The van der Waals surface area contributed by atoms with Gasteiger partial charge in [-0.15, -0.1) is 0 Å². The molecule has 0 spiro atoms. The van der Waals surface area contributed by atoms with E-state index >= 15 is 0 Å². The number of aliphatic carboxylic acids is 1. The zero-order chi connectivity index (χ0) is 12.0. The summed E-state index contributed by atoms with van der Waals surface area (Å²) in [6, 6.07) is 7.85. The van der Waals surface area contributed by atoms with Crippen LogP contribution in [-0.2, 0) is 4.79 Å². The summed E-state index contributed by atoms with van der Waals surface area (Å²) in [4.78, 5) is 10.3. The van der Waals surface area contributed by atoms with E-state index in [1.165, 1.54) is 5.56 Å². The number of carbonyl (C=O) groups is 1. The maximum atomic E-state index is 10.3. The fourth-order valence-corrected chi connectivity index (χ4v) is 1.81. The number of hydrogen-bond acceptors (Lipinski definition) is 1. The highest BCUT2D eigenvalue weighted by Gasteiger charge is 2.05. The third kappa shape index (κ3) is 4.67. The van der Waals surface area contributed by atoms with Gasteiger partial charge in [0, 0.05) is 11.4 Å². The van der Waals surface area contributed by atoms with Crippen LogP contribution in [0.2, 0.25) is 5.02 Å². The predicted octanol–water partition coefficient (Wildman–Crippen LogP) is 4.09. The van der Waals surface area contributed by atoms with Gasteiger partial charge in [-0.2, -0.15) is 0 Å². The lowest BCUT2D eigenvalue weighted by Crippen LogP contribution is -1.97. The summed E-state index contributed by atoms with van der Waals surface area (Å²) in [6.07, 6.45) is 3.01. The molecular weight excluding hydrogens is 224 g/mol. The van der Waals surface area contributed by atoms with Crippen LogP contribution in [0.3, 0.4) is 0 Å². The molecule has 1 unspecified atom stereocenters. The second-order valence-corrected chi connectivity index (χ2v) is 4.53. The fourth-order valence-electron chi connectivity index (χ4n) is 1.68. The van der Waals surface area contributed by atoms with E-state index in [2.05, 4.69) is 6.92 Å². The van der Waals surface area contributed by atoms with Crippen molar-refractivity contribution >= 4 is 17.6 Å². The molecule has 0 bridgehead atoms. The minimum atomic E-state index is -0.709. The van der Waals surface area contributed by atoms with Gasteiger partial charge >= 0.3 is 5.97 Å². The molecule has 1 rings (SSSR count). The van der Waals surface area contributed by atoms with Crippen molar-refractivity contribution in [1.82, 2.24) is 0 Å². The lowest BCUT2D eigenvalue weighted by molar-refractivity contribution is -0.137. The van der Waals surface area contributed by atoms with Crippen LogP contribution in [0.25, 0.3) is 0 Å². The topological polar surface area (TPSA) is 37.3 Å². The molecule has 0 aliphatic carbocycles. The van der Waals surface area contributed by atoms with Crippen LogP contribution >= 0.6 is 11.6 Å². The van der Waals surface area contributed by atoms with Crippen molar-refractivity contribution in [3.05, 3.63) is 34.9 Å². The maximum Gasteiger partial charge on any atom is 0.303 e. The molecule has 3 heteroatoms. The Morgan fingerprint density at radius 2 is 1.94 bits per heavy atom. The quantitative estimate of drug-likeness (QED) is 0.761. The van der Waals surface area contributed by atoms with Crippen LogP contribution in [0.5, 0.6) is 0 Å². The highest BCUT2D eigenvalue weighted by atomic mass is 35.5. The molecule has 0 aliphatic heterocycles. The lowest BCUT2D eigenvalue weighted by atomic mass is 9.95. The Bertz CT molecular complexity index is 332. The molecular formula is C13H17ClO2. The Hall–Kier alpha value is -1.02. The van der Waals surface area contributed by atoms with E-state index < -0.39 is 5.97 Å². The first-order chi connectivity index (χ1) is 7.59. The standard InChI is InChI=1S/C13H17ClO2/c1-10(4-2-3-5-13(15)16)11-6-8-12(14)9-7-11/h6-10H,2-5H2,1H3,(H,15,16). The molecule has 0 radical (unpaired) electrons. The van der Waals surface area contributed by atoms with Crippen molar-refractivity contribution in [2.45, 2.75) is 38.5 Å². The molecule has 16 heavy (non-hydrogen) atoms. The van der Waals surface area contributed by atoms with E-state index in [9.17, 15) is 4.79 Å². The van der Waals surface area contributed by atoms with Crippen molar-refractivity contribution in [2.75, 3.05) is 0 Å². The molecule has 0 aliphatic rings. The monoisotopic (exact) mass is 240 g/mol. The molecule has 0 amide bonds. The molecule has 1 N–H and O–H groups in total. The number of hydrogen-bond donors (Lipinski definition) is 1. The summed E-state index contributed by atoms with van der Waals surface area (Å²) in [5, 5.41) is 9.26. The van der Waals surface area contributed by atoms with Gasteiger partial charge in [-0.1, -0.05) is 37.1 Å². The number of carboxylic acid groups (broad SMARTS) is 1. The molecule has 0 fully saturated rings. The van der Waals surface area contributed by atoms with Gasteiger partial charge in [-0.05, 0) is 36.5 Å². The third-order valence-corrected chi connectivity index (χ3v) is 2.97. The highest BCUT2D eigenvalue weighted by molar-refractivity contribution is 6.30. The Kier molecular flexibility index (Phi) is 5.33. The van der Waals surface area contributed by atoms with Crippen LogP contribution in [-0.4, -0.2) is 11.1 Å². The van der Waals surface area contributed by atoms with Gasteiger partial charge in [0.05, 0.1) is 0 Å². The SMILES string of the molecule is CC(CCCCC(=O)O)c1ccc(Cl)cc1. The minimum Gasteiger partial charge on any atom is -0.481 e. The Morgan fingerprint density at radius 3 is 2.50 bits per heavy atom. The minimum absolute atomic E-state index is 0.271. The molecule has 88 valence electrons. The van der Waals surface area contributed by atoms with Gasteiger partial charge in [0.15, 0.2) is 0 Å². The zero-order valence-electron chi connectivity index (χ0n) is 9.45. The second-order valence-electron chi connectivity index (χ2n) is 4.09. The number of carboxylic acids is 1. The number of benzene rings is 1. The van der Waals surface area contributed by atoms with E-state index in [4.69, 9.17) is 16.7 Å². The smallest absolute Gasteiger partial charge is 0.303 e. The van der Waals surface area contributed by atoms with Gasteiger partial charge in [0.25, 0.3) is 0 Å². The van der Waals surface area contributed by atoms with Gasteiger partial charge in [-0.3, -0.25) is 4.79 Å². The predicted molar refractivity (Wildman–Crippen MR) is 66.0 cm³/mol. The molecule has 0 aromatic heterocycles. The molecule has 0 heterocycles. The number of unbranched alkanes of at least 4 members (excludes halogenated alkanes) is 1. The van der Waals surface area contributed by atoms with Gasteiger partial charge < -0.3 is 5.11 Å². The summed E-state index contributed by atoms with van der Waals surface area (Å²) in [5.41, 5.74) is 1.26. The first-order valence-corrected chi connectivity index (χ1v) is 5.94. The molecule has 1 atom stereocenters. The maximum absolute atomic E-state index is 10.3. The van der Waals surface area contributed by atoms with Crippen LogP contribution in [0.1, 0.15) is 44.1 Å². The summed E-state index contributed by atoms with van der Waals surface area (Å²) in [7, 11) is 0. The molecule has 0 saturated carbocycles. The van der Waals surface area contributed by atoms with Crippen molar-refractivity contribution in [2.24, 2.45) is 0 Å². The summed E-state index contributed by atoms with van der Waals surface area (Å²) < 4.78 is 0. The van der Waals surface area contributed by atoms with Crippen molar-refractivity contribution in [1.29, 1.82) is 0 Å². The Balaban J connectivity index is 2.32. The summed E-state index contributed by atoms with van der Waals surface area (Å²) >= 11 is 5.81. The largest absolute Gasteiger partial charge is 0.481 e. The first kappa shape index (κ1) is 13.0. The number of halogens is 1. The molecule has 1 aromatic carbocycles. The number of rotatable bonds is 6. The van der Waals surface area contributed by atoms with Crippen molar-refractivity contribution in [3.63, 3.8) is 0 Å². The van der Waals surface area contributed by atoms with E-state index in [0.717, 1.165) is 24.3 Å². The second kappa shape index (κ2) is 6.54. The average molecular weight is 241 g/mol. The van der Waals surface area contributed by atoms with E-state index in [1.807, 2.05) is 24.3 Å². The van der Waals surface area contributed by atoms with Gasteiger partial charge in [-0.25, -0.2) is 0 Å². The van der Waals surface area contributed by atoms with Crippen molar-refractivity contribution in [3.8, 4) is 0 Å². The van der Waals surface area contributed by atoms with Gasteiger partial charge in [0.2, 0.25) is 0 Å². The van der Waals surface area contributed by atoms with Crippen LogP contribution in [0.15, 0.2) is 24.3 Å². The Labute approximate surface area is 101 Å². The molecule has 1 aromatic rings. The highest BCUT2D eigenvalue weighted by Crippen LogP contribution is 2.23. The fraction of sp³-hybridized carbons (Fsp3) is 0.462. The molecule has 0 saturated heterocycles. The van der Waals surface area contributed by atoms with E-state index in [1.54, 1.807) is 0 Å². The zero-order valence-corrected chi connectivity index (χ0v) is 10.2. The van der Waals surface area contributed by atoms with E-state index in [-0.39, 0.29) is 6.42 Å². The lowest BCUT2D eigenvalue weighted by Gasteiger charge is -2.11.